The molecule has 0 unspecified atom stereocenters. The van der Waals surface area contributed by atoms with Gasteiger partial charge in [-0.25, -0.2) is 0 Å². The van der Waals surface area contributed by atoms with Gasteiger partial charge in [-0.2, -0.15) is 0 Å². The summed E-state index contributed by atoms with van der Waals surface area (Å²) in [6, 6.07) is 11.2. The molecule has 0 radical (unpaired) electrons. The predicted molar refractivity (Wildman–Crippen MR) is 110 cm³/mol. The van der Waals surface area contributed by atoms with E-state index in [1.54, 1.807) is 29.5 Å². The zero-order chi connectivity index (χ0) is 19.1. The minimum Gasteiger partial charge on any atom is -0.345 e. The summed E-state index contributed by atoms with van der Waals surface area (Å²) in [5.74, 6) is -0.158. The van der Waals surface area contributed by atoms with E-state index in [0.717, 1.165) is 38.5 Å². The van der Waals surface area contributed by atoms with Crippen LogP contribution in [0.3, 0.4) is 0 Å². The molecule has 4 N–H and O–H groups in total. The molecule has 1 aliphatic carbocycles. The van der Waals surface area contributed by atoms with Gasteiger partial charge in [0.2, 0.25) is 5.91 Å². The molecule has 0 saturated heterocycles. The van der Waals surface area contributed by atoms with Crippen molar-refractivity contribution in [2.24, 2.45) is 5.73 Å². The first-order chi connectivity index (χ1) is 13.1. The predicted octanol–water partition coefficient (Wildman–Crippen LogP) is 3.71. The molecule has 144 valence electrons. The Labute approximate surface area is 164 Å². The summed E-state index contributed by atoms with van der Waals surface area (Å²) in [5.41, 5.74) is 6.82. The molecule has 1 aromatic heterocycles. The molecule has 1 aliphatic rings. The van der Waals surface area contributed by atoms with E-state index < -0.39 is 0 Å². The molecule has 6 heteroatoms. The number of carbonyl (C=O) groups excluding carboxylic acids is 2. The van der Waals surface area contributed by atoms with Crippen molar-refractivity contribution in [2.75, 3.05) is 11.9 Å². The van der Waals surface area contributed by atoms with Gasteiger partial charge >= 0.3 is 0 Å². The average molecular weight is 386 g/mol. The summed E-state index contributed by atoms with van der Waals surface area (Å²) in [4.78, 5) is 26.1. The van der Waals surface area contributed by atoms with Gasteiger partial charge in [-0.15, -0.1) is 11.3 Å². The molecule has 1 fully saturated rings. The van der Waals surface area contributed by atoms with Crippen LogP contribution in [0.1, 0.15) is 53.8 Å². The number of carbonyl (C=O) groups is 2. The highest BCUT2D eigenvalue weighted by Gasteiger charge is 2.34. The number of anilines is 1. The zero-order valence-electron chi connectivity index (χ0n) is 15.5. The van der Waals surface area contributed by atoms with E-state index in [2.05, 4.69) is 16.7 Å². The first-order valence-corrected chi connectivity index (χ1v) is 10.4. The molecule has 0 spiro atoms. The van der Waals surface area contributed by atoms with E-state index in [1.807, 2.05) is 17.5 Å². The van der Waals surface area contributed by atoms with E-state index in [9.17, 15) is 9.59 Å². The molecular weight excluding hydrogens is 358 g/mol. The van der Waals surface area contributed by atoms with Gasteiger partial charge in [0.25, 0.3) is 5.91 Å². The van der Waals surface area contributed by atoms with Crippen LogP contribution in [0.5, 0.6) is 0 Å². The van der Waals surface area contributed by atoms with E-state index in [0.29, 0.717) is 24.2 Å². The van der Waals surface area contributed by atoms with Gasteiger partial charge in [0.1, 0.15) is 0 Å². The lowest BCUT2D eigenvalue weighted by Crippen LogP contribution is -2.51. The van der Waals surface area contributed by atoms with Crippen molar-refractivity contribution in [3.63, 3.8) is 0 Å². The highest BCUT2D eigenvalue weighted by molar-refractivity contribution is 7.09. The number of nitrogens with one attached hydrogen (secondary N) is 2. The Hall–Kier alpha value is -2.18. The smallest absolute Gasteiger partial charge is 0.251 e. The lowest BCUT2D eigenvalue weighted by Gasteiger charge is -2.28. The largest absolute Gasteiger partial charge is 0.345 e. The van der Waals surface area contributed by atoms with Gasteiger partial charge in [0.15, 0.2) is 0 Å². The quantitative estimate of drug-likeness (QED) is 0.648. The zero-order valence-corrected chi connectivity index (χ0v) is 16.3. The topological polar surface area (TPSA) is 84.2 Å². The molecular formula is C21H27N3O2S. The maximum absolute atomic E-state index is 12.6. The van der Waals surface area contributed by atoms with Gasteiger partial charge in [-0.3, -0.25) is 9.59 Å². The van der Waals surface area contributed by atoms with Gasteiger partial charge in [-0.05, 0) is 55.3 Å². The van der Waals surface area contributed by atoms with Crippen LogP contribution in [-0.2, 0) is 11.2 Å². The maximum Gasteiger partial charge on any atom is 0.251 e. The molecule has 3 rings (SSSR count). The second-order valence-corrected chi connectivity index (χ2v) is 8.24. The molecule has 2 aromatic rings. The Kier molecular flexibility index (Phi) is 6.63. The lowest BCUT2D eigenvalue weighted by atomic mass is 9.97. The fourth-order valence-corrected chi connectivity index (χ4v) is 4.34. The van der Waals surface area contributed by atoms with Crippen molar-refractivity contribution in [1.29, 1.82) is 0 Å². The van der Waals surface area contributed by atoms with Gasteiger partial charge in [-0.1, -0.05) is 25.0 Å². The summed E-state index contributed by atoms with van der Waals surface area (Å²) >= 11 is 1.71. The standard InChI is InChI=1S/C21H27N3O2S/c22-15-21(11-1-2-12-21)24-20(26)16-6-3-7-17(14-16)23-19(25)10-4-8-18-9-5-13-27-18/h3,5-7,9,13-14H,1-2,4,8,10-12,15,22H2,(H,23,25)(H,24,26). The monoisotopic (exact) mass is 385 g/mol. The highest BCUT2D eigenvalue weighted by Crippen LogP contribution is 2.29. The van der Waals surface area contributed by atoms with Crippen molar-refractivity contribution in [2.45, 2.75) is 50.5 Å². The minimum absolute atomic E-state index is 0.0293. The normalized spacial score (nSPS) is 15.4. The Morgan fingerprint density at radius 3 is 2.67 bits per heavy atom. The molecule has 0 atom stereocenters. The number of rotatable bonds is 8. The lowest BCUT2D eigenvalue weighted by molar-refractivity contribution is -0.116. The second kappa shape index (κ2) is 9.15. The van der Waals surface area contributed by atoms with Gasteiger partial charge in [0, 0.05) is 29.1 Å². The van der Waals surface area contributed by atoms with Crippen molar-refractivity contribution in [3.8, 4) is 0 Å². The van der Waals surface area contributed by atoms with Crippen molar-refractivity contribution in [1.82, 2.24) is 5.32 Å². The Bertz CT molecular complexity index is 767. The van der Waals surface area contributed by atoms with Crippen LogP contribution in [0.4, 0.5) is 5.69 Å². The number of nitrogens with two attached hydrogens (primary N) is 1. The highest BCUT2D eigenvalue weighted by atomic mass is 32.1. The third-order valence-electron chi connectivity index (χ3n) is 5.15. The molecule has 1 heterocycles. The fraction of sp³-hybridized carbons (Fsp3) is 0.429. The Morgan fingerprint density at radius 2 is 1.96 bits per heavy atom. The number of hydrogen-bond acceptors (Lipinski definition) is 4. The first kappa shape index (κ1) is 19.6. The van der Waals surface area contributed by atoms with E-state index in [-0.39, 0.29) is 17.4 Å². The van der Waals surface area contributed by atoms with Crippen LogP contribution in [0.15, 0.2) is 41.8 Å². The number of hydrogen-bond donors (Lipinski definition) is 3. The molecule has 0 aliphatic heterocycles. The molecule has 2 amide bonds. The Balaban J connectivity index is 1.53. The van der Waals surface area contributed by atoms with Crippen molar-refractivity contribution in [3.05, 3.63) is 52.2 Å². The van der Waals surface area contributed by atoms with Crippen LogP contribution in [-0.4, -0.2) is 23.9 Å². The van der Waals surface area contributed by atoms with Crippen molar-refractivity contribution >= 4 is 28.8 Å². The Morgan fingerprint density at radius 1 is 1.15 bits per heavy atom. The van der Waals surface area contributed by atoms with Crippen LogP contribution in [0.25, 0.3) is 0 Å². The van der Waals surface area contributed by atoms with E-state index in [4.69, 9.17) is 5.73 Å². The summed E-state index contributed by atoms with van der Waals surface area (Å²) in [6.07, 6.45) is 6.23. The second-order valence-electron chi connectivity index (χ2n) is 7.21. The summed E-state index contributed by atoms with van der Waals surface area (Å²) < 4.78 is 0. The fourth-order valence-electron chi connectivity index (χ4n) is 3.58. The first-order valence-electron chi connectivity index (χ1n) is 9.55. The van der Waals surface area contributed by atoms with Crippen molar-refractivity contribution < 1.29 is 9.59 Å². The number of aryl methyl sites for hydroxylation is 1. The van der Waals surface area contributed by atoms with Crippen LogP contribution >= 0.6 is 11.3 Å². The average Bonchev–Trinajstić information content (AvgIpc) is 3.34. The molecule has 1 saturated carbocycles. The summed E-state index contributed by atoms with van der Waals surface area (Å²) in [7, 11) is 0. The van der Waals surface area contributed by atoms with Crippen LogP contribution < -0.4 is 16.4 Å². The molecule has 1 aromatic carbocycles. The SMILES string of the molecule is NCC1(NC(=O)c2cccc(NC(=O)CCCc3cccs3)c2)CCCC1. The summed E-state index contributed by atoms with van der Waals surface area (Å²) in [5, 5.41) is 8.06. The number of amides is 2. The van der Waals surface area contributed by atoms with Crippen LogP contribution in [0.2, 0.25) is 0 Å². The third kappa shape index (κ3) is 5.40. The maximum atomic E-state index is 12.6. The molecule has 27 heavy (non-hydrogen) atoms. The minimum atomic E-state index is -0.280. The van der Waals surface area contributed by atoms with E-state index >= 15 is 0 Å². The summed E-state index contributed by atoms with van der Waals surface area (Å²) in [6.45, 7) is 0.458. The van der Waals surface area contributed by atoms with Crippen LogP contribution in [0, 0.1) is 0 Å². The molecule has 0 bridgehead atoms. The van der Waals surface area contributed by atoms with Gasteiger partial charge < -0.3 is 16.4 Å². The number of thiophene rings is 1. The van der Waals surface area contributed by atoms with E-state index in [1.165, 1.54) is 4.88 Å². The third-order valence-corrected chi connectivity index (χ3v) is 6.08. The number of benzene rings is 1. The molecule has 5 nitrogen and oxygen atoms in total. The van der Waals surface area contributed by atoms with Gasteiger partial charge in [0.05, 0.1) is 5.54 Å².